The maximum Gasteiger partial charge on any atom is 0.263 e. The Hall–Kier alpha value is -0.960. The van der Waals surface area contributed by atoms with Crippen LogP contribution < -0.4 is 0 Å². The Kier molecular flexibility index (Phi) is 4.21. The molecule has 1 aromatic carbocycles. The van der Waals surface area contributed by atoms with Gasteiger partial charge < -0.3 is 0 Å². The summed E-state index contributed by atoms with van der Waals surface area (Å²) in [4.78, 5) is 11.5. The highest BCUT2D eigenvalue weighted by atomic mass is 35.5. The quantitative estimate of drug-likeness (QED) is 0.571. The number of Topliss-reactive ketones (excluding diaryl/α,β-unsaturated/α-hetero) is 1. The smallest absolute Gasteiger partial charge is 0.263 e. The largest absolute Gasteiger partial charge is 0.294 e. The minimum absolute atomic E-state index is 0.0603. The predicted octanol–water partition coefficient (Wildman–Crippen LogP) is 3.74. The summed E-state index contributed by atoms with van der Waals surface area (Å²) in [5, 5.41) is 0. The Morgan fingerprint density at radius 3 is 2.60 bits per heavy atom. The zero-order valence-electron chi connectivity index (χ0n) is 8.27. The minimum Gasteiger partial charge on any atom is -0.294 e. The second kappa shape index (κ2) is 5.21. The molecule has 0 radical (unpaired) electrons. The molecule has 0 heterocycles. The fourth-order valence-corrected chi connectivity index (χ4v) is 1.53. The highest BCUT2D eigenvalue weighted by Gasteiger charge is 2.12. The summed E-state index contributed by atoms with van der Waals surface area (Å²) < 4.78 is 24.6. The van der Waals surface area contributed by atoms with Crippen molar-refractivity contribution in [3.63, 3.8) is 0 Å². The summed E-state index contributed by atoms with van der Waals surface area (Å²) in [6.45, 7) is 1.65. The van der Waals surface area contributed by atoms with Crippen LogP contribution in [0.4, 0.5) is 8.78 Å². The first-order valence-corrected chi connectivity index (χ1v) is 5.07. The second-order valence-electron chi connectivity index (χ2n) is 3.24. The Labute approximate surface area is 92.1 Å². The van der Waals surface area contributed by atoms with Crippen molar-refractivity contribution in [2.75, 3.05) is 5.88 Å². The summed E-state index contributed by atoms with van der Waals surface area (Å²) >= 11 is 5.44. The zero-order valence-corrected chi connectivity index (χ0v) is 9.02. The second-order valence-corrected chi connectivity index (χ2v) is 3.62. The molecule has 0 aliphatic heterocycles. The lowest BCUT2D eigenvalue weighted by atomic mass is 10.0. The van der Waals surface area contributed by atoms with Crippen LogP contribution in [0, 0.1) is 6.92 Å². The van der Waals surface area contributed by atoms with Crippen molar-refractivity contribution in [2.24, 2.45) is 0 Å². The number of alkyl halides is 3. The van der Waals surface area contributed by atoms with Gasteiger partial charge in [0.2, 0.25) is 0 Å². The van der Waals surface area contributed by atoms with Crippen LogP contribution in [0.2, 0.25) is 0 Å². The van der Waals surface area contributed by atoms with Gasteiger partial charge in [-0.2, -0.15) is 0 Å². The van der Waals surface area contributed by atoms with E-state index in [2.05, 4.69) is 0 Å². The number of halogens is 3. The van der Waals surface area contributed by atoms with E-state index in [0.717, 1.165) is 0 Å². The number of carbonyl (C=O) groups excluding carboxylic acids is 1. The molecule has 1 nitrogen and oxygen atoms in total. The molecule has 0 fully saturated rings. The van der Waals surface area contributed by atoms with Gasteiger partial charge in [-0.25, -0.2) is 8.78 Å². The first-order valence-electron chi connectivity index (χ1n) is 4.54. The fraction of sp³-hybridized carbons (Fsp3) is 0.364. The van der Waals surface area contributed by atoms with Gasteiger partial charge in [0, 0.05) is 23.4 Å². The molecule has 0 atom stereocenters. The van der Waals surface area contributed by atoms with E-state index in [4.69, 9.17) is 11.6 Å². The molecule has 0 bridgehead atoms. The molecule has 0 aromatic heterocycles. The van der Waals surface area contributed by atoms with E-state index >= 15 is 0 Å². The maximum absolute atomic E-state index is 12.3. The van der Waals surface area contributed by atoms with E-state index < -0.39 is 6.43 Å². The molecular weight excluding hydrogens is 222 g/mol. The highest BCUT2D eigenvalue weighted by molar-refractivity contribution is 6.19. The molecule has 4 heteroatoms. The third-order valence-corrected chi connectivity index (χ3v) is 2.31. The van der Waals surface area contributed by atoms with Crippen molar-refractivity contribution in [2.45, 2.75) is 19.8 Å². The van der Waals surface area contributed by atoms with Crippen LogP contribution in [-0.2, 0) is 0 Å². The van der Waals surface area contributed by atoms with E-state index in [1.54, 1.807) is 6.92 Å². The summed E-state index contributed by atoms with van der Waals surface area (Å²) in [6.07, 6.45) is -2.27. The lowest BCUT2D eigenvalue weighted by Crippen LogP contribution is -2.03. The molecule has 15 heavy (non-hydrogen) atoms. The topological polar surface area (TPSA) is 17.1 Å². The summed E-state index contributed by atoms with van der Waals surface area (Å²) in [6, 6.07) is 4.05. The van der Waals surface area contributed by atoms with E-state index in [1.807, 2.05) is 0 Å². The minimum atomic E-state index is -2.50. The molecule has 0 unspecified atom stereocenters. The molecular formula is C11H11ClF2O. The van der Waals surface area contributed by atoms with Gasteiger partial charge in [-0.05, 0) is 18.6 Å². The normalized spacial score (nSPS) is 10.7. The van der Waals surface area contributed by atoms with E-state index in [-0.39, 0.29) is 23.6 Å². The van der Waals surface area contributed by atoms with Gasteiger partial charge in [-0.3, -0.25) is 4.79 Å². The average Bonchev–Trinajstić information content (AvgIpc) is 2.17. The number of ketones is 1. The van der Waals surface area contributed by atoms with Crippen molar-refractivity contribution in [1.82, 2.24) is 0 Å². The third kappa shape index (κ3) is 2.99. The SMILES string of the molecule is Cc1cc(C(F)F)ccc1C(=O)CCCl. The van der Waals surface area contributed by atoms with Crippen molar-refractivity contribution < 1.29 is 13.6 Å². The Bertz CT molecular complexity index is 364. The maximum atomic E-state index is 12.3. The molecule has 82 valence electrons. The Morgan fingerprint density at radius 1 is 1.47 bits per heavy atom. The number of hydrogen-bond donors (Lipinski definition) is 0. The highest BCUT2D eigenvalue weighted by Crippen LogP contribution is 2.22. The van der Waals surface area contributed by atoms with Crippen molar-refractivity contribution in [3.05, 3.63) is 34.9 Å². The van der Waals surface area contributed by atoms with Gasteiger partial charge in [0.05, 0.1) is 0 Å². The zero-order chi connectivity index (χ0) is 11.4. The molecule has 0 aliphatic rings. The number of benzene rings is 1. The van der Waals surface area contributed by atoms with E-state index in [9.17, 15) is 13.6 Å². The number of rotatable bonds is 4. The first-order chi connectivity index (χ1) is 7.06. The molecule has 0 aliphatic carbocycles. The molecule has 0 amide bonds. The molecule has 1 rings (SSSR count). The Morgan fingerprint density at radius 2 is 2.13 bits per heavy atom. The van der Waals surface area contributed by atoms with Crippen molar-refractivity contribution in [1.29, 1.82) is 0 Å². The van der Waals surface area contributed by atoms with Crippen LogP contribution in [0.1, 0.15) is 34.3 Å². The monoisotopic (exact) mass is 232 g/mol. The molecule has 0 N–H and O–H groups in total. The van der Waals surface area contributed by atoms with Crippen molar-refractivity contribution in [3.8, 4) is 0 Å². The van der Waals surface area contributed by atoms with Crippen LogP contribution >= 0.6 is 11.6 Å². The van der Waals surface area contributed by atoms with Gasteiger partial charge in [0.15, 0.2) is 5.78 Å². The van der Waals surface area contributed by atoms with Crippen LogP contribution in [0.5, 0.6) is 0 Å². The summed E-state index contributed by atoms with van der Waals surface area (Å²) in [7, 11) is 0. The standard InChI is InChI=1S/C11H11ClF2O/c1-7-6-8(11(13)14)2-3-9(7)10(15)4-5-12/h2-3,6,11H,4-5H2,1H3. The number of carbonyl (C=O) groups is 1. The van der Waals surface area contributed by atoms with E-state index in [0.29, 0.717) is 11.1 Å². The van der Waals surface area contributed by atoms with Gasteiger partial charge in [0.1, 0.15) is 0 Å². The van der Waals surface area contributed by atoms with Gasteiger partial charge in [-0.1, -0.05) is 12.1 Å². The predicted molar refractivity (Wildman–Crippen MR) is 55.8 cm³/mol. The first kappa shape index (κ1) is 12.1. The summed E-state index contributed by atoms with van der Waals surface area (Å²) in [5.74, 6) is 0.137. The number of hydrogen-bond acceptors (Lipinski definition) is 1. The number of aryl methyl sites for hydroxylation is 1. The fourth-order valence-electron chi connectivity index (χ4n) is 1.36. The summed E-state index contributed by atoms with van der Waals surface area (Å²) in [5.41, 5.74) is 0.984. The third-order valence-electron chi connectivity index (χ3n) is 2.12. The molecule has 0 saturated heterocycles. The Balaban J connectivity index is 2.98. The van der Waals surface area contributed by atoms with Crippen LogP contribution in [-0.4, -0.2) is 11.7 Å². The molecule has 1 aromatic rings. The van der Waals surface area contributed by atoms with Crippen molar-refractivity contribution >= 4 is 17.4 Å². The van der Waals surface area contributed by atoms with Gasteiger partial charge in [0.25, 0.3) is 6.43 Å². The van der Waals surface area contributed by atoms with Crippen LogP contribution in [0.25, 0.3) is 0 Å². The van der Waals surface area contributed by atoms with Crippen LogP contribution in [0.15, 0.2) is 18.2 Å². The molecule has 0 saturated carbocycles. The lowest BCUT2D eigenvalue weighted by Gasteiger charge is -2.06. The van der Waals surface area contributed by atoms with E-state index in [1.165, 1.54) is 18.2 Å². The van der Waals surface area contributed by atoms with Crippen LogP contribution in [0.3, 0.4) is 0 Å². The average molecular weight is 233 g/mol. The van der Waals surface area contributed by atoms with Gasteiger partial charge >= 0.3 is 0 Å². The van der Waals surface area contributed by atoms with Gasteiger partial charge in [-0.15, -0.1) is 11.6 Å². The molecule has 0 spiro atoms. The lowest BCUT2D eigenvalue weighted by molar-refractivity contribution is 0.0988.